The zero-order valence-electron chi connectivity index (χ0n) is 18.3. The van der Waals surface area contributed by atoms with Gasteiger partial charge in [-0.05, 0) is 49.3 Å². The zero-order valence-corrected chi connectivity index (χ0v) is 19.1. The number of sulfonamides is 1. The summed E-state index contributed by atoms with van der Waals surface area (Å²) >= 11 is 0. The summed E-state index contributed by atoms with van der Waals surface area (Å²) < 4.78 is 29.3. The fourth-order valence-corrected chi connectivity index (χ4v) is 6.48. The maximum atomic E-state index is 11.6. The number of nitrogens with two attached hydrogens (primary N) is 1. The van der Waals surface area contributed by atoms with Crippen LogP contribution in [-0.2, 0) is 14.8 Å². The fourth-order valence-electron chi connectivity index (χ4n) is 5.93. The molecule has 2 heterocycles. The molecule has 0 spiro atoms. The van der Waals surface area contributed by atoms with Crippen LogP contribution >= 0.6 is 0 Å². The van der Waals surface area contributed by atoms with Crippen LogP contribution in [0.5, 0.6) is 0 Å². The molecule has 3 fully saturated rings. The zero-order chi connectivity index (χ0) is 21.1. The highest BCUT2D eigenvalue weighted by Gasteiger charge is 2.44. The first-order valence-corrected chi connectivity index (χ1v) is 13.5. The normalized spacial score (nSPS) is 29.9. The second-order valence-corrected chi connectivity index (χ2v) is 11.4. The Kier molecular flexibility index (Phi) is 7.05. The summed E-state index contributed by atoms with van der Waals surface area (Å²) in [7, 11) is -3.68. The highest BCUT2D eigenvalue weighted by atomic mass is 32.2. The molecule has 3 N–H and O–H groups in total. The number of benzene rings is 1. The smallest absolute Gasteiger partial charge is 0.238 e. The molecular formula is C24H38N2O3S. The molecule has 3 atom stereocenters. The Labute approximate surface area is 182 Å². The first-order valence-electron chi connectivity index (χ1n) is 12.0. The number of hydrogen-bond acceptors (Lipinski definition) is 4. The Balaban J connectivity index is 0.000000265. The van der Waals surface area contributed by atoms with E-state index in [1.165, 1.54) is 64.2 Å². The predicted octanol–water partition coefficient (Wildman–Crippen LogP) is 5.37. The van der Waals surface area contributed by atoms with Gasteiger partial charge in [0, 0.05) is 29.8 Å². The lowest BCUT2D eigenvalue weighted by Gasteiger charge is -2.42. The summed E-state index contributed by atoms with van der Waals surface area (Å²) in [6, 6.07) is 5.57. The average Bonchev–Trinajstić information content (AvgIpc) is 3.24. The number of anilines is 1. The van der Waals surface area contributed by atoms with Gasteiger partial charge in [-0.2, -0.15) is 0 Å². The van der Waals surface area contributed by atoms with Crippen molar-refractivity contribution in [1.82, 2.24) is 0 Å². The molecule has 0 amide bonds. The highest BCUT2D eigenvalue weighted by Crippen LogP contribution is 2.48. The number of fused-ring (bicyclic) bond motifs is 3. The second-order valence-electron chi connectivity index (χ2n) is 9.85. The molecule has 5 rings (SSSR count). The van der Waals surface area contributed by atoms with Crippen LogP contribution in [0.3, 0.4) is 0 Å². The molecule has 30 heavy (non-hydrogen) atoms. The van der Waals surface area contributed by atoms with Crippen LogP contribution in [0.2, 0.25) is 0 Å². The predicted molar refractivity (Wildman–Crippen MR) is 121 cm³/mol. The minimum atomic E-state index is -3.68. The van der Waals surface area contributed by atoms with Crippen molar-refractivity contribution in [2.45, 2.75) is 94.6 Å². The van der Waals surface area contributed by atoms with Crippen molar-refractivity contribution in [1.29, 1.82) is 0 Å². The van der Waals surface area contributed by atoms with E-state index < -0.39 is 10.0 Å². The molecule has 0 bridgehead atoms. The SMILES string of the molecule is CC1CCCCC1.NS(=O)(=O)c1ccc2c(c1)C1OCCC1C(C1CCCCC1)N2. The van der Waals surface area contributed by atoms with E-state index in [0.717, 1.165) is 30.2 Å². The van der Waals surface area contributed by atoms with Crippen LogP contribution in [-0.4, -0.2) is 21.1 Å². The van der Waals surface area contributed by atoms with Crippen molar-refractivity contribution in [3.8, 4) is 0 Å². The molecular weight excluding hydrogens is 396 g/mol. The summed E-state index contributed by atoms with van der Waals surface area (Å²) in [4.78, 5) is 0.170. The van der Waals surface area contributed by atoms with Crippen LogP contribution in [0.25, 0.3) is 0 Å². The van der Waals surface area contributed by atoms with Crippen molar-refractivity contribution in [2.24, 2.45) is 22.9 Å². The van der Waals surface area contributed by atoms with Gasteiger partial charge < -0.3 is 10.1 Å². The van der Waals surface area contributed by atoms with Gasteiger partial charge in [-0.25, -0.2) is 13.6 Å². The minimum absolute atomic E-state index is 0.000114. The molecule has 0 aromatic heterocycles. The monoisotopic (exact) mass is 434 g/mol. The molecule has 1 saturated heterocycles. The van der Waals surface area contributed by atoms with Gasteiger partial charge in [-0.1, -0.05) is 58.3 Å². The van der Waals surface area contributed by atoms with Gasteiger partial charge in [0.25, 0.3) is 0 Å². The summed E-state index contributed by atoms with van der Waals surface area (Å²) in [5.41, 5.74) is 1.96. The lowest BCUT2D eigenvalue weighted by Crippen LogP contribution is -2.42. The van der Waals surface area contributed by atoms with E-state index in [0.29, 0.717) is 17.9 Å². The van der Waals surface area contributed by atoms with Crippen molar-refractivity contribution >= 4 is 15.7 Å². The third-order valence-corrected chi connectivity index (χ3v) is 8.54. The van der Waals surface area contributed by atoms with Gasteiger partial charge in [-0.3, -0.25) is 0 Å². The molecule has 1 aromatic rings. The number of primary sulfonamides is 1. The van der Waals surface area contributed by atoms with E-state index in [1.54, 1.807) is 12.1 Å². The van der Waals surface area contributed by atoms with E-state index in [-0.39, 0.29) is 11.0 Å². The van der Waals surface area contributed by atoms with Crippen LogP contribution in [0, 0.1) is 17.8 Å². The molecule has 1 aromatic carbocycles. The Bertz CT molecular complexity index is 814. The summed E-state index contributed by atoms with van der Waals surface area (Å²) in [5.74, 6) is 2.17. The summed E-state index contributed by atoms with van der Waals surface area (Å²) in [5, 5.41) is 8.98. The average molecular weight is 435 g/mol. The first kappa shape index (κ1) is 22.1. The van der Waals surface area contributed by atoms with Crippen molar-refractivity contribution in [3.05, 3.63) is 23.8 Å². The van der Waals surface area contributed by atoms with Crippen LogP contribution in [0.1, 0.15) is 89.2 Å². The molecule has 168 valence electrons. The third kappa shape index (κ3) is 5.03. The van der Waals surface area contributed by atoms with Gasteiger partial charge in [0.15, 0.2) is 0 Å². The van der Waals surface area contributed by atoms with Gasteiger partial charge in [0.05, 0.1) is 11.0 Å². The van der Waals surface area contributed by atoms with Crippen molar-refractivity contribution in [3.63, 3.8) is 0 Å². The number of nitrogens with one attached hydrogen (secondary N) is 1. The molecule has 5 nitrogen and oxygen atoms in total. The van der Waals surface area contributed by atoms with Gasteiger partial charge in [0.2, 0.25) is 10.0 Å². The largest absolute Gasteiger partial charge is 0.381 e. The van der Waals surface area contributed by atoms with Crippen molar-refractivity contribution < 1.29 is 13.2 Å². The molecule has 4 aliphatic rings. The number of rotatable bonds is 2. The van der Waals surface area contributed by atoms with Crippen LogP contribution in [0.15, 0.2) is 23.1 Å². The number of ether oxygens (including phenoxy) is 1. The Morgan fingerprint density at radius 3 is 2.23 bits per heavy atom. The van der Waals surface area contributed by atoms with Crippen molar-refractivity contribution in [2.75, 3.05) is 11.9 Å². The molecule has 3 unspecified atom stereocenters. The topological polar surface area (TPSA) is 81.4 Å². The molecule has 0 radical (unpaired) electrons. The summed E-state index contributed by atoms with van der Waals surface area (Å²) in [6.07, 6.45) is 15.0. The van der Waals surface area contributed by atoms with E-state index in [9.17, 15) is 8.42 Å². The molecule has 2 aliphatic carbocycles. The third-order valence-electron chi connectivity index (χ3n) is 7.63. The van der Waals surface area contributed by atoms with E-state index in [2.05, 4.69) is 12.2 Å². The Hall–Kier alpha value is -1.11. The quantitative estimate of drug-likeness (QED) is 0.655. The molecule has 6 heteroatoms. The van der Waals surface area contributed by atoms with Crippen LogP contribution < -0.4 is 10.5 Å². The highest BCUT2D eigenvalue weighted by molar-refractivity contribution is 7.89. The van der Waals surface area contributed by atoms with E-state index in [1.807, 2.05) is 6.07 Å². The molecule has 2 aliphatic heterocycles. The molecule has 2 saturated carbocycles. The Morgan fingerprint density at radius 1 is 0.967 bits per heavy atom. The minimum Gasteiger partial charge on any atom is -0.381 e. The second kappa shape index (κ2) is 9.58. The lowest BCUT2D eigenvalue weighted by molar-refractivity contribution is 0.0730. The number of hydrogen-bond donors (Lipinski definition) is 2. The lowest BCUT2D eigenvalue weighted by atomic mass is 9.73. The van der Waals surface area contributed by atoms with Gasteiger partial charge in [0.1, 0.15) is 0 Å². The maximum absolute atomic E-state index is 11.6. The standard InChI is InChI=1S/C17H24N2O3S.C7H14/c18-23(20,21)12-6-7-15-14(10-12)17-13(8-9-22-17)16(19-15)11-4-2-1-3-5-11;1-7-5-3-2-4-6-7/h6-7,10-11,13,16-17,19H,1-5,8-9H2,(H2,18,20,21);7H,2-6H2,1H3. The maximum Gasteiger partial charge on any atom is 0.238 e. The first-order chi connectivity index (χ1) is 14.4. The van der Waals surface area contributed by atoms with E-state index in [4.69, 9.17) is 9.88 Å². The van der Waals surface area contributed by atoms with Crippen LogP contribution in [0.4, 0.5) is 5.69 Å². The van der Waals surface area contributed by atoms with Gasteiger partial charge >= 0.3 is 0 Å². The van der Waals surface area contributed by atoms with E-state index >= 15 is 0 Å². The van der Waals surface area contributed by atoms with Gasteiger partial charge in [-0.15, -0.1) is 0 Å². The Morgan fingerprint density at radius 2 is 1.63 bits per heavy atom. The fraction of sp³-hybridized carbons (Fsp3) is 0.750. The summed E-state index contributed by atoms with van der Waals surface area (Å²) in [6.45, 7) is 3.11.